The molecule has 0 bridgehead atoms. The van der Waals surface area contributed by atoms with E-state index >= 15 is 0 Å². The van der Waals surface area contributed by atoms with Crippen LogP contribution in [0.3, 0.4) is 0 Å². The summed E-state index contributed by atoms with van der Waals surface area (Å²) in [6.45, 7) is 10.7. The first kappa shape index (κ1) is 18.1. The van der Waals surface area contributed by atoms with E-state index < -0.39 is 0 Å². The molecule has 0 spiro atoms. The average Bonchev–Trinajstić information content (AvgIpc) is 2.19. The van der Waals surface area contributed by atoms with Crippen molar-refractivity contribution in [3.63, 3.8) is 0 Å². The summed E-state index contributed by atoms with van der Waals surface area (Å²) in [7, 11) is 0. The van der Waals surface area contributed by atoms with Gasteiger partial charge < -0.3 is 17.1 Å². The first-order valence-corrected chi connectivity index (χ1v) is 4.59. The van der Waals surface area contributed by atoms with Crippen LogP contribution in [0.15, 0.2) is 37.4 Å². The molecule has 0 saturated heterocycles. The van der Waals surface area contributed by atoms with Crippen molar-refractivity contribution in [2.24, 2.45) is 0 Å². The van der Waals surface area contributed by atoms with Gasteiger partial charge in [-0.15, -0.1) is 13.1 Å². The van der Waals surface area contributed by atoms with Gasteiger partial charge in [-0.1, -0.05) is 17.7 Å². The van der Waals surface area contributed by atoms with Crippen LogP contribution in [0.4, 0.5) is 5.69 Å². The molecule has 0 saturated carbocycles. The second-order valence-corrected chi connectivity index (χ2v) is 3.19. The third-order valence-electron chi connectivity index (χ3n) is 2.00. The summed E-state index contributed by atoms with van der Waals surface area (Å²) in [5, 5.41) is 0. The number of rotatable bonds is 5. The van der Waals surface area contributed by atoms with Gasteiger partial charge in [-0.05, 0) is 19.1 Å². The Bertz CT molecular complexity index is 296. The Hall–Kier alpha value is -0.305. The number of nitrogens with zero attached hydrogens (tertiary/aromatic N) is 1. The molecule has 1 aromatic rings. The molecule has 0 aliphatic carbocycles. The molecule has 1 aromatic carbocycles. The largest absolute Gasteiger partial charge is 1.00 e. The maximum absolute atomic E-state index is 3.61. The molecule has 0 fully saturated rings. The normalized spacial score (nSPS) is 8.31. The predicted octanol–water partition coefficient (Wildman–Crippen LogP) is -3.21. The molecule has 0 radical (unpaired) electrons. The van der Waals surface area contributed by atoms with Crippen LogP contribution in [0.2, 0.25) is 0 Å². The minimum absolute atomic E-state index is 0. The zero-order valence-electron chi connectivity index (χ0n) is 10.6. The van der Waals surface area contributed by atoms with Gasteiger partial charge in [0.05, 0.1) is 0 Å². The van der Waals surface area contributed by atoms with Gasteiger partial charge in [0.25, 0.3) is 0 Å². The minimum atomic E-state index is 0. The van der Waals surface area contributed by atoms with Gasteiger partial charge in [-0.2, -0.15) is 0 Å². The van der Waals surface area contributed by atoms with Crippen LogP contribution in [-0.4, -0.2) is 13.1 Å². The third kappa shape index (κ3) is 5.69. The fourth-order valence-electron chi connectivity index (χ4n) is 1.26. The number of hydrogen-bond donors (Lipinski definition) is 0. The average molecular weight is 199 g/mol. The molecule has 0 aromatic heterocycles. The van der Waals surface area contributed by atoms with E-state index in [2.05, 4.69) is 61.4 Å². The Labute approximate surface area is 123 Å². The van der Waals surface area contributed by atoms with Gasteiger partial charge in [-0.25, -0.2) is 0 Å². The molecule has 74 valence electrons. The quantitative estimate of drug-likeness (QED) is 0.356. The third-order valence-corrected chi connectivity index (χ3v) is 2.00. The number of benzene rings is 1. The van der Waals surface area contributed by atoms with Crippen LogP contribution < -0.4 is 42.6 Å². The maximum Gasteiger partial charge on any atom is 1.00 e. The smallest absolute Gasteiger partial charge is 0.484 e. The molecule has 0 N–H and O–H groups in total. The second-order valence-electron chi connectivity index (χ2n) is 3.19. The van der Waals surface area contributed by atoms with Gasteiger partial charge >= 0.3 is 37.7 Å². The van der Waals surface area contributed by atoms with Gasteiger partial charge in [-0.3, -0.25) is 13.2 Å². The van der Waals surface area contributed by atoms with E-state index in [1.165, 1.54) is 5.56 Å². The Balaban J connectivity index is 0. The summed E-state index contributed by atoms with van der Waals surface area (Å²) in [5.74, 6) is 0. The Morgan fingerprint density at radius 3 is 1.81 bits per heavy atom. The minimum Gasteiger partial charge on any atom is -0.484 e. The molecule has 0 amide bonds. The van der Waals surface area contributed by atoms with Crippen LogP contribution in [0.1, 0.15) is 5.56 Å². The van der Waals surface area contributed by atoms with Crippen molar-refractivity contribution in [2.45, 2.75) is 6.92 Å². The monoisotopic (exact) mass is 199 g/mol. The summed E-state index contributed by atoms with van der Waals surface area (Å²) in [6.07, 6.45) is 5.75. The molecule has 0 unspecified atom stereocenters. The zero-order chi connectivity index (χ0) is 10.4. The number of aryl methyl sites for hydroxylation is 1. The summed E-state index contributed by atoms with van der Waals surface area (Å²) >= 11 is 0. The van der Waals surface area contributed by atoms with Crippen molar-refractivity contribution in [2.75, 3.05) is 18.0 Å². The van der Waals surface area contributed by atoms with Crippen molar-refractivity contribution in [3.8, 4) is 0 Å². The fraction of sp³-hybridized carbons (Fsp3) is 0.231. The SMILES string of the molecule is C=[C-]CN(C[C-]=C)c1ccc(C)cc1.[Li+].[Li+]. The summed E-state index contributed by atoms with van der Waals surface area (Å²) in [4.78, 5) is 2.11. The Morgan fingerprint density at radius 2 is 1.44 bits per heavy atom. The Kier molecular flexibility index (Phi) is 11.2. The molecular weight excluding hydrogens is 184 g/mol. The van der Waals surface area contributed by atoms with Crippen molar-refractivity contribution in [1.82, 2.24) is 0 Å². The zero-order valence-corrected chi connectivity index (χ0v) is 10.6. The molecule has 1 nitrogen and oxygen atoms in total. The molecule has 16 heavy (non-hydrogen) atoms. The predicted molar refractivity (Wildman–Crippen MR) is 61.1 cm³/mol. The first-order chi connectivity index (χ1) is 6.77. The van der Waals surface area contributed by atoms with Crippen LogP contribution in [0, 0.1) is 19.1 Å². The summed E-state index contributed by atoms with van der Waals surface area (Å²) in [6, 6.07) is 8.36. The standard InChI is InChI=1S/C13H15N.2Li/c1-4-10-14(11-5-2)13-8-6-12(3)7-9-13;;/h6-9H,1-2,10-11H2,3H3;;/q-2;2*+1. The van der Waals surface area contributed by atoms with Crippen LogP contribution in [-0.2, 0) is 0 Å². The number of hydrogen-bond acceptors (Lipinski definition) is 1. The van der Waals surface area contributed by atoms with Crippen molar-refractivity contribution < 1.29 is 37.7 Å². The van der Waals surface area contributed by atoms with E-state index in [9.17, 15) is 0 Å². The van der Waals surface area contributed by atoms with Gasteiger partial charge in [0.15, 0.2) is 0 Å². The van der Waals surface area contributed by atoms with Crippen LogP contribution in [0.25, 0.3) is 0 Å². The van der Waals surface area contributed by atoms with Crippen LogP contribution >= 0.6 is 0 Å². The second kappa shape index (κ2) is 9.89. The van der Waals surface area contributed by atoms with E-state index in [1.54, 1.807) is 0 Å². The van der Waals surface area contributed by atoms with E-state index in [1.807, 2.05) is 0 Å². The first-order valence-electron chi connectivity index (χ1n) is 4.59. The van der Waals surface area contributed by atoms with Crippen molar-refractivity contribution in [1.29, 1.82) is 0 Å². The molecule has 1 rings (SSSR count). The molecule has 0 aliphatic heterocycles. The summed E-state index contributed by atoms with van der Waals surface area (Å²) in [5.41, 5.74) is 2.42. The van der Waals surface area contributed by atoms with Crippen molar-refractivity contribution >= 4 is 5.69 Å². The molecule has 0 aliphatic rings. The number of anilines is 1. The van der Waals surface area contributed by atoms with Crippen LogP contribution in [0.5, 0.6) is 0 Å². The van der Waals surface area contributed by atoms with E-state index in [4.69, 9.17) is 0 Å². The van der Waals surface area contributed by atoms with E-state index in [0.717, 1.165) is 5.69 Å². The van der Waals surface area contributed by atoms with E-state index in [0.29, 0.717) is 13.1 Å². The van der Waals surface area contributed by atoms with Gasteiger partial charge in [0.1, 0.15) is 0 Å². The fourth-order valence-corrected chi connectivity index (χ4v) is 1.26. The van der Waals surface area contributed by atoms with E-state index in [-0.39, 0.29) is 37.7 Å². The molecule has 0 heterocycles. The van der Waals surface area contributed by atoms with Gasteiger partial charge in [0.2, 0.25) is 0 Å². The summed E-state index contributed by atoms with van der Waals surface area (Å²) < 4.78 is 0. The molecule has 3 heteroatoms. The molecule has 0 atom stereocenters. The molecular formula is C13H15Li2N. The van der Waals surface area contributed by atoms with Gasteiger partial charge in [0, 0.05) is 5.69 Å². The van der Waals surface area contributed by atoms with Crippen molar-refractivity contribution in [3.05, 3.63) is 55.1 Å². The maximum atomic E-state index is 3.61. The Morgan fingerprint density at radius 1 is 1.00 bits per heavy atom. The topological polar surface area (TPSA) is 3.24 Å².